The standard InChI is InChI=1S/C10H13F3N4O3S/c11-10(12,13)7-15-9(5-17(18)19)14-2-4-21-6-8-1-3-20-16-8/h1,3H,2,4-7H2,(H,14,15). The van der Waals surface area contributed by atoms with E-state index in [9.17, 15) is 23.3 Å². The number of alkyl halides is 3. The van der Waals surface area contributed by atoms with Gasteiger partial charge in [0.1, 0.15) is 12.8 Å². The van der Waals surface area contributed by atoms with Crippen molar-refractivity contribution in [2.24, 2.45) is 4.99 Å². The first-order valence-corrected chi connectivity index (χ1v) is 6.95. The maximum Gasteiger partial charge on any atom is 0.408 e. The third-order valence-corrected chi connectivity index (χ3v) is 3.04. The fourth-order valence-corrected chi connectivity index (χ4v) is 1.97. The number of nitrogens with zero attached hydrogens (tertiary/aromatic N) is 3. The number of rotatable bonds is 8. The van der Waals surface area contributed by atoms with Crippen LogP contribution in [0.5, 0.6) is 0 Å². The summed E-state index contributed by atoms with van der Waals surface area (Å²) in [6, 6.07) is 1.70. The van der Waals surface area contributed by atoms with E-state index in [2.05, 4.69) is 20.0 Å². The molecule has 0 aromatic carbocycles. The van der Waals surface area contributed by atoms with Gasteiger partial charge in [-0.25, -0.2) is 0 Å². The minimum atomic E-state index is -4.48. The second-order valence-corrected chi connectivity index (χ2v) is 4.94. The minimum absolute atomic E-state index is 0.271. The predicted octanol–water partition coefficient (Wildman–Crippen LogP) is 1.73. The third kappa shape index (κ3) is 8.89. The zero-order chi connectivity index (χ0) is 15.7. The molecule has 0 saturated heterocycles. The topological polar surface area (TPSA) is 93.6 Å². The van der Waals surface area contributed by atoms with Gasteiger partial charge in [-0.3, -0.25) is 15.1 Å². The van der Waals surface area contributed by atoms with Gasteiger partial charge in [0.25, 0.3) is 6.54 Å². The lowest BCUT2D eigenvalue weighted by atomic mass is 10.5. The van der Waals surface area contributed by atoms with Gasteiger partial charge in [-0.15, -0.1) is 0 Å². The predicted molar refractivity (Wildman–Crippen MR) is 70.9 cm³/mol. The van der Waals surface area contributed by atoms with E-state index >= 15 is 0 Å². The van der Waals surface area contributed by atoms with Crippen LogP contribution in [0.1, 0.15) is 5.69 Å². The SMILES string of the molecule is O=[N+]([O-])CC(=NCC(F)(F)F)NCCSCc1ccon1. The highest BCUT2D eigenvalue weighted by atomic mass is 32.2. The molecule has 0 aliphatic rings. The molecule has 11 heteroatoms. The van der Waals surface area contributed by atoms with E-state index in [4.69, 9.17) is 0 Å². The smallest absolute Gasteiger partial charge is 0.368 e. The van der Waals surface area contributed by atoms with E-state index in [1.165, 1.54) is 18.0 Å². The van der Waals surface area contributed by atoms with Crippen LogP contribution in [0.3, 0.4) is 0 Å². The Morgan fingerprint density at radius 2 is 2.33 bits per heavy atom. The zero-order valence-corrected chi connectivity index (χ0v) is 11.6. The fraction of sp³-hybridized carbons (Fsp3) is 0.600. The van der Waals surface area contributed by atoms with Crippen LogP contribution in [0, 0.1) is 10.1 Å². The van der Waals surface area contributed by atoms with E-state index in [1.54, 1.807) is 6.07 Å². The molecule has 7 nitrogen and oxygen atoms in total. The van der Waals surface area contributed by atoms with Crippen LogP contribution in [-0.2, 0) is 5.75 Å². The molecule has 1 aromatic rings. The lowest BCUT2D eigenvalue weighted by molar-refractivity contribution is -0.463. The van der Waals surface area contributed by atoms with Crippen LogP contribution in [0.4, 0.5) is 13.2 Å². The van der Waals surface area contributed by atoms with E-state index in [1.807, 2.05) is 0 Å². The quantitative estimate of drug-likeness (QED) is 0.257. The lowest BCUT2D eigenvalue weighted by Gasteiger charge is -2.07. The van der Waals surface area contributed by atoms with E-state index < -0.39 is 24.2 Å². The van der Waals surface area contributed by atoms with Gasteiger partial charge in [0, 0.05) is 29.0 Å². The van der Waals surface area contributed by atoms with Gasteiger partial charge in [0.15, 0.2) is 5.84 Å². The van der Waals surface area contributed by atoms with Crippen molar-refractivity contribution in [2.75, 3.05) is 25.4 Å². The van der Waals surface area contributed by atoms with Crippen molar-refractivity contribution in [3.05, 3.63) is 28.1 Å². The number of aromatic nitrogens is 1. The molecule has 1 aromatic heterocycles. The largest absolute Gasteiger partial charge is 0.408 e. The molecule has 0 aliphatic heterocycles. The van der Waals surface area contributed by atoms with E-state index in [0.717, 1.165) is 5.69 Å². The number of amidine groups is 1. The molecule has 0 radical (unpaired) electrons. The highest BCUT2D eigenvalue weighted by Crippen LogP contribution is 2.14. The van der Waals surface area contributed by atoms with Gasteiger partial charge in [-0.1, -0.05) is 5.16 Å². The number of aliphatic imine (C=N–C) groups is 1. The van der Waals surface area contributed by atoms with Crippen LogP contribution in [-0.4, -0.2) is 47.5 Å². The molecule has 1 heterocycles. The van der Waals surface area contributed by atoms with Crippen LogP contribution in [0.15, 0.2) is 21.8 Å². The highest BCUT2D eigenvalue weighted by Gasteiger charge is 2.27. The second-order valence-electron chi connectivity index (χ2n) is 3.84. The van der Waals surface area contributed by atoms with Gasteiger partial charge in [-0.05, 0) is 0 Å². The molecule has 0 amide bonds. The summed E-state index contributed by atoms with van der Waals surface area (Å²) in [5.74, 6) is 0.845. The summed E-state index contributed by atoms with van der Waals surface area (Å²) in [5.41, 5.74) is 0.747. The first-order chi connectivity index (χ1) is 9.87. The van der Waals surface area contributed by atoms with Crippen molar-refractivity contribution < 1.29 is 22.6 Å². The zero-order valence-electron chi connectivity index (χ0n) is 10.8. The molecule has 1 rings (SSSR count). The molecule has 1 N–H and O–H groups in total. The van der Waals surface area contributed by atoms with E-state index in [-0.39, 0.29) is 12.4 Å². The molecule has 0 unspecified atom stereocenters. The van der Waals surface area contributed by atoms with Gasteiger partial charge in [0.05, 0.1) is 5.69 Å². The van der Waals surface area contributed by atoms with Crippen LogP contribution < -0.4 is 5.32 Å². The molecule has 0 bridgehead atoms. The minimum Gasteiger partial charge on any atom is -0.368 e. The molecule has 0 spiro atoms. The first kappa shape index (κ1) is 17.3. The van der Waals surface area contributed by atoms with Gasteiger partial charge < -0.3 is 9.84 Å². The normalized spacial score (nSPS) is 12.4. The molecular weight excluding hydrogens is 313 g/mol. The summed E-state index contributed by atoms with van der Waals surface area (Å²) in [5, 5.41) is 16.6. The van der Waals surface area contributed by atoms with Crippen molar-refractivity contribution in [3.63, 3.8) is 0 Å². The van der Waals surface area contributed by atoms with Crippen molar-refractivity contribution in [2.45, 2.75) is 11.9 Å². The van der Waals surface area contributed by atoms with Crippen molar-refractivity contribution in [1.82, 2.24) is 10.5 Å². The number of halogens is 3. The Hall–Kier alpha value is -1.78. The summed E-state index contributed by atoms with van der Waals surface area (Å²) >= 11 is 1.46. The average Bonchev–Trinajstić information content (AvgIpc) is 2.86. The Kier molecular flexibility index (Phi) is 6.99. The van der Waals surface area contributed by atoms with E-state index in [0.29, 0.717) is 11.5 Å². The molecule has 0 aliphatic carbocycles. The van der Waals surface area contributed by atoms with Crippen molar-refractivity contribution >= 4 is 17.6 Å². The van der Waals surface area contributed by atoms with Crippen molar-refractivity contribution in [3.8, 4) is 0 Å². The molecule has 118 valence electrons. The third-order valence-electron chi connectivity index (χ3n) is 2.04. The van der Waals surface area contributed by atoms with Gasteiger partial charge in [-0.2, -0.15) is 24.9 Å². The maximum atomic E-state index is 12.0. The molecule has 0 atom stereocenters. The molecular formula is C10H13F3N4O3S. The maximum absolute atomic E-state index is 12.0. The summed E-state index contributed by atoms with van der Waals surface area (Å²) in [4.78, 5) is 12.8. The Morgan fingerprint density at radius 3 is 2.90 bits per heavy atom. The summed E-state index contributed by atoms with van der Waals surface area (Å²) in [6.07, 6.45) is -3.04. The Labute approximate surface area is 122 Å². The molecule has 0 saturated carbocycles. The fourth-order valence-electron chi connectivity index (χ4n) is 1.23. The summed E-state index contributed by atoms with van der Waals surface area (Å²) < 4.78 is 40.7. The van der Waals surface area contributed by atoms with Crippen LogP contribution >= 0.6 is 11.8 Å². The summed E-state index contributed by atoms with van der Waals surface area (Å²) in [6.45, 7) is -1.92. The number of thioether (sulfide) groups is 1. The second kappa shape index (κ2) is 8.49. The van der Waals surface area contributed by atoms with Crippen LogP contribution in [0.25, 0.3) is 0 Å². The number of nitrogens with one attached hydrogen (secondary N) is 1. The van der Waals surface area contributed by atoms with Gasteiger partial charge in [0.2, 0.25) is 0 Å². The van der Waals surface area contributed by atoms with Crippen LogP contribution in [0.2, 0.25) is 0 Å². The Morgan fingerprint density at radius 1 is 1.57 bits per heavy atom. The van der Waals surface area contributed by atoms with Gasteiger partial charge >= 0.3 is 6.18 Å². The first-order valence-electron chi connectivity index (χ1n) is 5.79. The Bertz CT molecular complexity index is 465. The summed E-state index contributed by atoms with van der Waals surface area (Å²) in [7, 11) is 0. The molecule has 21 heavy (non-hydrogen) atoms. The monoisotopic (exact) mass is 326 g/mol. The Balaban J connectivity index is 2.30. The lowest BCUT2D eigenvalue weighted by Crippen LogP contribution is -2.33. The number of hydrogen-bond acceptors (Lipinski definition) is 6. The number of nitro groups is 1. The average molecular weight is 326 g/mol. The van der Waals surface area contributed by atoms with Crippen molar-refractivity contribution in [1.29, 1.82) is 0 Å². The molecule has 0 fully saturated rings. The highest BCUT2D eigenvalue weighted by molar-refractivity contribution is 7.98. The number of hydrogen-bond donors (Lipinski definition) is 1.